The van der Waals surface area contributed by atoms with E-state index >= 15 is 0 Å². The summed E-state index contributed by atoms with van der Waals surface area (Å²) in [6.07, 6.45) is 34.7. The molecule has 3 aliphatic carbocycles. The van der Waals surface area contributed by atoms with E-state index in [4.69, 9.17) is 26.4 Å². The second-order valence-electron chi connectivity index (χ2n) is 17.0. The van der Waals surface area contributed by atoms with Gasteiger partial charge in [0.1, 0.15) is 11.3 Å². The molecule has 0 saturated carbocycles. The number of nitrogens with zero attached hydrogens (tertiary/aromatic N) is 2. The van der Waals surface area contributed by atoms with Gasteiger partial charge in [-0.05, 0) is 151 Å². The van der Waals surface area contributed by atoms with Crippen LogP contribution in [0.5, 0.6) is 0 Å². The summed E-state index contributed by atoms with van der Waals surface area (Å²) in [5, 5.41) is 2.20. The van der Waals surface area contributed by atoms with Crippen molar-refractivity contribution in [2.75, 3.05) is 16.9 Å². The molecule has 0 fully saturated rings. The number of furan rings is 1. The molecule has 0 spiro atoms. The van der Waals surface area contributed by atoms with Crippen molar-refractivity contribution in [3.8, 4) is 0 Å². The van der Waals surface area contributed by atoms with E-state index in [-0.39, 0.29) is 12.0 Å². The van der Waals surface area contributed by atoms with Crippen LogP contribution >= 0.6 is 21.7 Å². The van der Waals surface area contributed by atoms with Gasteiger partial charge in [0, 0.05) is 33.1 Å². The summed E-state index contributed by atoms with van der Waals surface area (Å²) in [4.78, 5) is 5.40. The zero-order valence-electron chi connectivity index (χ0n) is 42.1. The maximum atomic E-state index is 6.79. The first-order valence-corrected chi connectivity index (χ1v) is 25.4. The lowest BCUT2D eigenvalue weighted by Crippen LogP contribution is -2.31. The third-order valence-electron chi connectivity index (χ3n) is 12.7. The SMILES string of the molecule is C=C/C(=C\C(C)=C/C)C1C=CC=CC(N(/C2=C/C(C)=C3/C=C\C(=C(\C)N(c4cccc5c4oc4c(C)cccc45)C(C)/C=C\C=C/C)C(=C(C(=C)SCl)\C=C/C2=C)\C3)c2ccccc2)=C1OC.CC. The van der Waals surface area contributed by atoms with Crippen LogP contribution in [-0.2, 0) is 4.74 Å². The minimum absolute atomic E-state index is 0.0426. The number of rotatable bonds is 14. The van der Waals surface area contributed by atoms with Crippen molar-refractivity contribution in [2.45, 2.75) is 74.8 Å². The Bertz CT molecular complexity index is 3040. The smallest absolute Gasteiger partial charge is 0.159 e. The molecule has 3 aromatic carbocycles. The molecular formula is C63H67ClN2O2S. The molecule has 6 heteroatoms. The highest BCUT2D eigenvalue weighted by Crippen LogP contribution is 2.45. The number of methoxy groups -OCH3 is 1. The van der Waals surface area contributed by atoms with Gasteiger partial charge in [0.15, 0.2) is 5.58 Å². The number of hydrogen-bond donors (Lipinski definition) is 0. The van der Waals surface area contributed by atoms with Gasteiger partial charge in [0.25, 0.3) is 0 Å². The molecule has 354 valence electrons. The van der Waals surface area contributed by atoms with E-state index in [2.05, 4.69) is 203 Å². The van der Waals surface area contributed by atoms with Gasteiger partial charge in [-0.25, -0.2) is 0 Å². The number of ether oxygens (including phenoxy) is 1. The number of hydrogen-bond acceptors (Lipinski definition) is 5. The van der Waals surface area contributed by atoms with Crippen LogP contribution in [0.3, 0.4) is 0 Å². The number of aryl methyl sites for hydroxylation is 1. The second-order valence-corrected chi connectivity index (χ2v) is 18.1. The summed E-state index contributed by atoms with van der Waals surface area (Å²) >= 11 is 0. The highest BCUT2D eigenvalue weighted by Gasteiger charge is 2.30. The van der Waals surface area contributed by atoms with Crippen LogP contribution in [0.2, 0.25) is 0 Å². The van der Waals surface area contributed by atoms with Gasteiger partial charge in [0.05, 0.1) is 30.1 Å². The van der Waals surface area contributed by atoms with E-state index < -0.39 is 0 Å². The Hall–Kier alpha value is -6.66. The first kappa shape index (κ1) is 51.7. The Morgan fingerprint density at radius 1 is 0.899 bits per heavy atom. The first-order chi connectivity index (χ1) is 33.4. The van der Waals surface area contributed by atoms with Crippen molar-refractivity contribution in [3.05, 3.63) is 262 Å². The molecule has 2 atom stereocenters. The average Bonchev–Trinajstić information content (AvgIpc) is 3.64. The predicted molar refractivity (Wildman–Crippen MR) is 303 cm³/mol. The molecule has 0 N–H and O–H groups in total. The lowest BCUT2D eigenvalue weighted by Gasteiger charge is -2.34. The van der Waals surface area contributed by atoms with Gasteiger partial charge < -0.3 is 19.0 Å². The fourth-order valence-electron chi connectivity index (χ4n) is 9.08. The minimum Gasteiger partial charge on any atom is -0.498 e. The normalized spacial score (nSPS) is 21.2. The topological polar surface area (TPSA) is 28.9 Å². The monoisotopic (exact) mass is 950 g/mol. The quantitative estimate of drug-likeness (QED) is 0.118. The summed E-state index contributed by atoms with van der Waals surface area (Å²) < 4.78 is 13.2. The number of fused-ring (bicyclic) bond motifs is 5. The van der Waals surface area contributed by atoms with Gasteiger partial charge in [-0.1, -0.05) is 173 Å². The lowest BCUT2D eigenvalue weighted by molar-refractivity contribution is 0.262. The summed E-state index contributed by atoms with van der Waals surface area (Å²) in [5.74, 6) is 0.589. The molecule has 0 aliphatic heterocycles. The summed E-state index contributed by atoms with van der Waals surface area (Å²) in [5.41, 5.74) is 16.1. The second kappa shape index (κ2) is 24.1. The van der Waals surface area contributed by atoms with Crippen molar-refractivity contribution < 1.29 is 9.15 Å². The zero-order valence-corrected chi connectivity index (χ0v) is 43.6. The van der Waals surface area contributed by atoms with Gasteiger partial charge in [-0.15, -0.1) is 0 Å². The standard InChI is InChI=1S/C61H61ClN2O2S.C2H6/c1-12-15-17-25-44(8)63(57-32-23-30-54-53-29-22-24-42(6)59(53)66-61(54)57)45(9)50-36-34-48-39-55(50)51(46(10)67-62)35-33-41(5)58(38-43(48)7)64(49-26-18-16-19-27-49)56-31-21-20-28-52(60(56)65-11)47(14-3)37-40(4)13-2;1-2/h12-38,44,52H,3,5,10,39H2,1-2,4,6-9,11H3;1-2H3/b15-12-,25-17-,35-33-,40-13-,47-37+,48-43-,50-45+,55-51-,58-38+;. The van der Waals surface area contributed by atoms with Crippen molar-refractivity contribution in [1.82, 2.24) is 0 Å². The third kappa shape index (κ3) is 11.1. The van der Waals surface area contributed by atoms with Gasteiger partial charge in [-0.3, -0.25) is 0 Å². The van der Waals surface area contributed by atoms with Gasteiger partial charge >= 0.3 is 0 Å². The molecule has 0 radical (unpaired) electrons. The van der Waals surface area contributed by atoms with Crippen molar-refractivity contribution in [2.24, 2.45) is 5.92 Å². The number of para-hydroxylation sites is 3. The van der Waals surface area contributed by atoms with Gasteiger partial charge in [0.2, 0.25) is 0 Å². The molecule has 0 saturated heterocycles. The maximum Gasteiger partial charge on any atom is 0.159 e. The Morgan fingerprint density at radius 3 is 2.30 bits per heavy atom. The predicted octanol–water partition coefficient (Wildman–Crippen LogP) is 18.7. The minimum atomic E-state index is -0.197. The van der Waals surface area contributed by atoms with Crippen molar-refractivity contribution in [3.63, 3.8) is 0 Å². The molecule has 0 amide bonds. The molecule has 4 nitrogen and oxygen atoms in total. The number of halogens is 1. The Morgan fingerprint density at radius 2 is 1.62 bits per heavy atom. The van der Waals surface area contributed by atoms with E-state index in [0.717, 1.165) is 117 Å². The van der Waals surface area contributed by atoms with Crippen LogP contribution in [0.15, 0.2) is 260 Å². The third-order valence-corrected chi connectivity index (χ3v) is 13.6. The van der Waals surface area contributed by atoms with Gasteiger partial charge in [-0.2, -0.15) is 0 Å². The summed E-state index contributed by atoms with van der Waals surface area (Å²) in [6, 6.07) is 23.2. The fraction of sp³-hybridized carbons (Fsp3) is 0.206. The van der Waals surface area contributed by atoms with E-state index in [0.29, 0.717) is 6.42 Å². The molecular weight excluding hydrogens is 884 g/mol. The van der Waals surface area contributed by atoms with E-state index in [1.807, 2.05) is 45.9 Å². The summed E-state index contributed by atoms with van der Waals surface area (Å²) in [7, 11) is 9.58. The number of benzene rings is 3. The van der Waals surface area contributed by atoms with Crippen molar-refractivity contribution in [1.29, 1.82) is 0 Å². The van der Waals surface area contributed by atoms with Crippen LogP contribution in [0, 0.1) is 12.8 Å². The molecule has 7 rings (SSSR count). The highest BCUT2D eigenvalue weighted by molar-refractivity contribution is 8.24. The Balaban J connectivity index is 0.00000386. The largest absolute Gasteiger partial charge is 0.498 e. The molecule has 2 bridgehead atoms. The highest BCUT2D eigenvalue weighted by atomic mass is 35.7. The van der Waals surface area contributed by atoms with Crippen LogP contribution in [0.4, 0.5) is 11.4 Å². The Labute approximate surface area is 421 Å². The maximum absolute atomic E-state index is 6.79. The molecule has 1 heterocycles. The summed E-state index contributed by atoms with van der Waals surface area (Å²) in [6.45, 7) is 32.4. The van der Waals surface area contributed by atoms with Crippen LogP contribution in [-0.4, -0.2) is 13.2 Å². The van der Waals surface area contributed by atoms with E-state index in [1.54, 1.807) is 7.11 Å². The molecule has 1 aromatic heterocycles. The van der Waals surface area contributed by atoms with E-state index in [1.165, 1.54) is 5.57 Å². The molecule has 2 unspecified atom stereocenters. The lowest BCUT2D eigenvalue weighted by atomic mass is 9.83. The van der Waals surface area contributed by atoms with E-state index in [9.17, 15) is 0 Å². The average molecular weight is 952 g/mol. The molecule has 4 aromatic rings. The number of allylic oxidation sites excluding steroid dienone is 22. The first-order valence-electron chi connectivity index (χ1n) is 23.8. The number of anilines is 2. The van der Waals surface area contributed by atoms with Crippen LogP contribution in [0.1, 0.15) is 67.4 Å². The van der Waals surface area contributed by atoms with Crippen molar-refractivity contribution >= 4 is 55.0 Å². The fourth-order valence-corrected chi connectivity index (χ4v) is 9.60. The molecule has 3 aliphatic rings. The Kier molecular flexibility index (Phi) is 18.0. The van der Waals surface area contributed by atoms with Crippen LogP contribution in [0.25, 0.3) is 21.9 Å². The molecule has 69 heavy (non-hydrogen) atoms. The van der Waals surface area contributed by atoms with Crippen LogP contribution < -0.4 is 9.80 Å². The zero-order chi connectivity index (χ0) is 49.8.